The molecule has 0 aromatic heterocycles. The van der Waals surface area contributed by atoms with Crippen molar-refractivity contribution in [3.05, 3.63) is 29.8 Å². The van der Waals surface area contributed by atoms with Crippen molar-refractivity contribution >= 4 is 45.1 Å². The molecule has 148 valence electrons. The van der Waals surface area contributed by atoms with Crippen molar-refractivity contribution in [2.45, 2.75) is 37.4 Å². The Bertz CT molecular complexity index is 644. The third kappa shape index (κ3) is 7.84. The molecule has 2 rings (SSSR count). The zero-order valence-corrected chi connectivity index (χ0v) is 17.4. The molecule has 0 saturated carbocycles. The highest BCUT2D eigenvalue weighted by Gasteiger charge is 2.16. The Labute approximate surface area is 168 Å². The minimum Gasteiger partial charge on any atom is -0.456 e. The number of hydrogen-bond donors (Lipinski definition) is 1. The highest BCUT2D eigenvalue weighted by Crippen LogP contribution is 2.39. The number of anilines is 1. The molecular formula is C19H26N2O4S2. The van der Waals surface area contributed by atoms with Gasteiger partial charge in [0.15, 0.2) is 6.61 Å². The molecule has 1 aliphatic heterocycles. The van der Waals surface area contributed by atoms with Crippen LogP contribution in [0.15, 0.2) is 24.3 Å². The highest BCUT2D eigenvalue weighted by molar-refractivity contribution is 8.77. The maximum atomic E-state index is 11.9. The van der Waals surface area contributed by atoms with Gasteiger partial charge < -0.3 is 15.0 Å². The first-order chi connectivity index (χ1) is 13.0. The van der Waals surface area contributed by atoms with Gasteiger partial charge in [0.1, 0.15) is 0 Å². The largest absolute Gasteiger partial charge is 0.456 e. The second kappa shape index (κ2) is 11.2. The molecule has 1 heterocycles. The van der Waals surface area contributed by atoms with Crippen LogP contribution in [0.5, 0.6) is 0 Å². The summed E-state index contributed by atoms with van der Waals surface area (Å²) in [5.41, 5.74) is 1.09. The lowest BCUT2D eigenvalue weighted by Crippen LogP contribution is -2.22. The number of hydrogen-bond acceptors (Lipinski definition) is 6. The average molecular weight is 411 g/mol. The van der Waals surface area contributed by atoms with E-state index in [0.717, 1.165) is 24.5 Å². The van der Waals surface area contributed by atoms with Gasteiger partial charge in [-0.25, -0.2) is 0 Å². The molecule has 0 unspecified atom stereocenters. The van der Waals surface area contributed by atoms with E-state index in [1.807, 2.05) is 21.6 Å². The fourth-order valence-corrected chi connectivity index (χ4v) is 5.60. The SMILES string of the molecule is CN(C)C(=O)c1ccc(NC(=O)COC(=O)CCCC[C@@H]2CCSS2)cc1. The van der Waals surface area contributed by atoms with Gasteiger partial charge in [0.25, 0.3) is 11.8 Å². The van der Waals surface area contributed by atoms with Crippen molar-refractivity contribution in [2.24, 2.45) is 0 Å². The summed E-state index contributed by atoms with van der Waals surface area (Å²) in [6.45, 7) is -0.299. The number of carbonyl (C=O) groups is 3. The Hall–Kier alpha value is -1.67. The van der Waals surface area contributed by atoms with Crippen LogP contribution < -0.4 is 5.32 Å². The third-order valence-electron chi connectivity index (χ3n) is 4.07. The zero-order chi connectivity index (χ0) is 19.6. The predicted molar refractivity (Wildman–Crippen MR) is 111 cm³/mol. The van der Waals surface area contributed by atoms with Gasteiger partial charge in [-0.3, -0.25) is 14.4 Å². The molecule has 8 heteroatoms. The van der Waals surface area contributed by atoms with E-state index in [9.17, 15) is 14.4 Å². The van der Waals surface area contributed by atoms with E-state index >= 15 is 0 Å². The first-order valence-corrected chi connectivity index (χ1v) is 11.4. The van der Waals surface area contributed by atoms with Gasteiger partial charge in [0.2, 0.25) is 0 Å². The molecule has 6 nitrogen and oxygen atoms in total. The van der Waals surface area contributed by atoms with Crippen LogP contribution in [-0.4, -0.2) is 54.4 Å². The molecular weight excluding hydrogens is 384 g/mol. The van der Waals surface area contributed by atoms with Crippen molar-refractivity contribution in [1.29, 1.82) is 0 Å². The molecule has 1 saturated heterocycles. The molecule has 0 radical (unpaired) electrons. The van der Waals surface area contributed by atoms with Crippen LogP contribution in [0.1, 0.15) is 42.5 Å². The molecule has 1 aliphatic rings. The fourth-order valence-electron chi connectivity index (χ4n) is 2.58. The van der Waals surface area contributed by atoms with E-state index < -0.39 is 5.91 Å². The van der Waals surface area contributed by atoms with E-state index in [1.165, 1.54) is 17.1 Å². The van der Waals surface area contributed by atoms with E-state index in [-0.39, 0.29) is 18.5 Å². The number of carbonyl (C=O) groups excluding carboxylic acids is 3. The van der Waals surface area contributed by atoms with Crippen molar-refractivity contribution in [3.8, 4) is 0 Å². The fraction of sp³-hybridized carbons (Fsp3) is 0.526. The number of rotatable bonds is 9. The molecule has 0 aliphatic carbocycles. The first-order valence-electron chi connectivity index (χ1n) is 9.01. The Morgan fingerprint density at radius 1 is 1.19 bits per heavy atom. The van der Waals surface area contributed by atoms with Crippen molar-refractivity contribution < 1.29 is 19.1 Å². The summed E-state index contributed by atoms with van der Waals surface area (Å²) in [6.07, 6.45) is 4.54. The zero-order valence-electron chi connectivity index (χ0n) is 15.7. The minimum atomic E-state index is -0.394. The number of nitrogens with zero attached hydrogens (tertiary/aromatic N) is 1. The molecule has 2 amide bonds. The average Bonchev–Trinajstić information content (AvgIpc) is 3.17. The van der Waals surface area contributed by atoms with Gasteiger partial charge in [-0.05, 0) is 43.5 Å². The Morgan fingerprint density at radius 2 is 1.93 bits per heavy atom. The monoisotopic (exact) mass is 410 g/mol. The van der Waals surface area contributed by atoms with Gasteiger partial charge >= 0.3 is 5.97 Å². The van der Waals surface area contributed by atoms with Crippen LogP contribution in [0.2, 0.25) is 0 Å². The molecule has 1 aromatic rings. The second-order valence-corrected chi connectivity index (χ2v) is 9.35. The quantitative estimate of drug-likeness (QED) is 0.381. The number of amides is 2. The van der Waals surface area contributed by atoms with Crippen LogP contribution in [-0.2, 0) is 14.3 Å². The summed E-state index contributed by atoms with van der Waals surface area (Å²) in [7, 11) is 7.23. The summed E-state index contributed by atoms with van der Waals surface area (Å²) in [4.78, 5) is 36.9. The van der Waals surface area contributed by atoms with Gasteiger partial charge in [-0.15, -0.1) is 0 Å². The summed E-state index contributed by atoms with van der Waals surface area (Å²) in [5.74, 6) is 0.383. The maximum Gasteiger partial charge on any atom is 0.306 e. The third-order valence-corrected chi connectivity index (χ3v) is 7.08. The summed E-state index contributed by atoms with van der Waals surface area (Å²) in [5, 5.41) is 3.37. The number of benzene rings is 1. The van der Waals surface area contributed by atoms with Crippen LogP contribution in [0, 0.1) is 0 Å². The van der Waals surface area contributed by atoms with Crippen LogP contribution in [0.25, 0.3) is 0 Å². The number of ether oxygens (including phenoxy) is 1. The van der Waals surface area contributed by atoms with Gasteiger partial charge in [0, 0.05) is 42.8 Å². The van der Waals surface area contributed by atoms with Crippen LogP contribution in [0.3, 0.4) is 0 Å². The van der Waals surface area contributed by atoms with Crippen molar-refractivity contribution in [3.63, 3.8) is 0 Å². The molecule has 1 aromatic carbocycles. The molecule has 0 bridgehead atoms. The number of unbranched alkanes of at least 4 members (excludes halogenated alkanes) is 1. The van der Waals surface area contributed by atoms with Crippen LogP contribution in [0.4, 0.5) is 5.69 Å². The smallest absolute Gasteiger partial charge is 0.306 e. The molecule has 27 heavy (non-hydrogen) atoms. The highest BCUT2D eigenvalue weighted by atomic mass is 33.1. The van der Waals surface area contributed by atoms with E-state index in [2.05, 4.69) is 5.32 Å². The lowest BCUT2D eigenvalue weighted by Gasteiger charge is -2.11. The van der Waals surface area contributed by atoms with Crippen LogP contribution >= 0.6 is 21.6 Å². The Kier molecular flexibility index (Phi) is 9.00. The van der Waals surface area contributed by atoms with Crippen molar-refractivity contribution in [2.75, 3.05) is 31.8 Å². The van der Waals surface area contributed by atoms with E-state index in [4.69, 9.17) is 4.74 Å². The first kappa shape index (κ1) is 21.6. The summed E-state index contributed by atoms with van der Waals surface area (Å²) in [6, 6.07) is 6.59. The lowest BCUT2D eigenvalue weighted by atomic mass is 10.1. The standard InChI is InChI=1S/C19H26N2O4S2/c1-21(2)19(24)14-7-9-15(10-8-14)20-17(22)13-25-18(23)6-4-3-5-16-11-12-26-27-16/h7-10,16H,3-6,11-13H2,1-2H3,(H,20,22)/t16-/m1/s1. The molecule has 1 atom stereocenters. The molecule has 0 spiro atoms. The predicted octanol–water partition coefficient (Wildman–Crippen LogP) is 3.58. The Morgan fingerprint density at radius 3 is 2.56 bits per heavy atom. The maximum absolute atomic E-state index is 11.9. The number of esters is 1. The molecule has 1 N–H and O–H groups in total. The van der Waals surface area contributed by atoms with Crippen molar-refractivity contribution in [1.82, 2.24) is 4.90 Å². The van der Waals surface area contributed by atoms with Gasteiger partial charge in [-0.2, -0.15) is 0 Å². The van der Waals surface area contributed by atoms with E-state index in [1.54, 1.807) is 38.4 Å². The Balaban J connectivity index is 1.62. The van der Waals surface area contributed by atoms with E-state index in [0.29, 0.717) is 17.7 Å². The summed E-state index contributed by atoms with van der Waals surface area (Å²) < 4.78 is 5.02. The summed E-state index contributed by atoms with van der Waals surface area (Å²) >= 11 is 0. The van der Waals surface area contributed by atoms with Gasteiger partial charge in [0.05, 0.1) is 0 Å². The lowest BCUT2D eigenvalue weighted by molar-refractivity contribution is -0.147. The topological polar surface area (TPSA) is 75.7 Å². The minimum absolute atomic E-state index is 0.105. The second-order valence-electron chi connectivity index (χ2n) is 6.56. The van der Waals surface area contributed by atoms with Gasteiger partial charge in [-0.1, -0.05) is 28.0 Å². The molecule has 1 fully saturated rings. The normalized spacial score (nSPS) is 16.0. The number of nitrogens with one attached hydrogen (secondary N) is 1.